The fraction of sp³-hybridized carbons (Fsp3) is 0.583. The van der Waals surface area contributed by atoms with Crippen molar-refractivity contribution in [1.29, 1.82) is 0 Å². The number of hydrogen-bond acceptors (Lipinski definition) is 1. The second-order valence-corrected chi connectivity index (χ2v) is 4.06. The van der Waals surface area contributed by atoms with Crippen molar-refractivity contribution in [3.63, 3.8) is 0 Å². The Morgan fingerprint density at radius 3 is 2.43 bits per heavy atom. The molecule has 1 aliphatic rings. The van der Waals surface area contributed by atoms with Crippen LogP contribution in [-0.2, 0) is 4.79 Å². The first-order chi connectivity index (χ1) is 6.80. The minimum Gasteiger partial charge on any atom is -0.281 e. The summed E-state index contributed by atoms with van der Waals surface area (Å²) in [7, 11) is 0. The molecule has 0 fully saturated rings. The lowest BCUT2D eigenvalue weighted by Crippen LogP contribution is -2.07. The Morgan fingerprint density at radius 2 is 1.71 bits per heavy atom. The average molecular weight is 213 g/mol. The predicted octanol–water partition coefficient (Wildman–Crippen LogP) is 3.83. The van der Waals surface area contributed by atoms with Crippen molar-refractivity contribution in [2.75, 3.05) is 0 Å². The molecule has 0 radical (unpaired) electrons. The number of hydrogen-bond donors (Lipinski definition) is 0. The minimum atomic E-state index is -0.183. The standard InChI is InChI=1S/C12H17ClO/c13-12(14)11-9-7-5-3-1-2-4-6-8-10-11/h1,3,6,8,11H,2,4-5,7,9-10H2/b3-1+,8-6+. The van der Waals surface area contributed by atoms with Crippen LogP contribution in [0.1, 0.15) is 38.5 Å². The van der Waals surface area contributed by atoms with E-state index in [-0.39, 0.29) is 11.2 Å². The summed E-state index contributed by atoms with van der Waals surface area (Å²) in [6, 6.07) is 0. The van der Waals surface area contributed by atoms with Crippen LogP contribution in [0.4, 0.5) is 0 Å². The first-order valence-electron chi connectivity index (χ1n) is 5.30. The molecule has 0 N–H and O–H groups in total. The first kappa shape index (κ1) is 11.5. The van der Waals surface area contributed by atoms with E-state index in [4.69, 9.17) is 11.6 Å². The second kappa shape index (κ2) is 6.83. The van der Waals surface area contributed by atoms with E-state index in [2.05, 4.69) is 24.3 Å². The number of allylic oxidation sites excluding steroid dienone is 4. The summed E-state index contributed by atoms with van der Waals surface area (Å²) in [5.74, 6) is 0.0272. The number of rotatable bonds is 1. The van der Waals surface area contributed by atoms with Gasteiger partial charge in [-0.25, -0.2) is 0 Å². The highest BCUT2D eigenvalue weighted by Crippen LogP contribution is 2.18. The van der Waals surface area contributed by atoms with E-state index in [0.29, 0.717) is 0 Å². The molecule has 1 atom stereocenters. The molecule has 1 rings (SSSR count). The SMILES string of the molecule is O=C(Cl)C1C/C=C/CC/C=C/CCC1. The van der Waals surface area contributed by atoms with Gasteiger partial charge in [0.05, 0.1) is 0 Å². The highest BCUT2D eigenvalue weighted by atomic mass is 35.5. The quantitative estimate of drug-likeness (QED) is 0.477. The third-order valence-corrected chi connectivity index (χ3v) is 2.81. The first-order valence-corrected chi connectivity index (χ1v) is 5.68. The monoisotopic (exact) mass is 212 g/mol. The maximum absolute atomic E-state index is 11.1. The largest absolute Gasteiger partial charge is 0.281 e. The summed E-state index contributed by atoms with van der Waals surface area (Å²) in [6.45, 7) is 0. The molecule has 1 unspecified atom stereocenters. The van der Waals surface area contributed by atoms with Crippen molar-refractivity contribution in [2.45, 2.75) is 38.5 Å². The Balaban J connectivity index is 2.48. The van der Waals surface area contributed by atoms with Gasteiger partial charge in [-0.2, -0.15) is 0 Å². The van der Waals surface area contributed by atoms with Crippen molar-refractivity contribution >= 4 is 16.8 Å². The average Bonchev–Trinajstić information content (AvgIpc) is 2.21. The van der Waals surface area contributed by atoms with Crippen LogP contribution in [0, 0.1) is 5.92 Å². The molecule has 0 spiro atoms. The molecule has 0 aromatic rings. The summed E-state index contributed by atoms with van der Waals surface area (Å²) >= 11 is 5.53. The number of halogens is 1. The van der Waals surface area contributed by atoms with Crippen molar-refractivity contribution in [3.05, 3.63) is 24.3 Å². The van der Waals surface area contributed by atoms with Gasteiger partial charge < -0.3 is 0 Å². The van der Waals surface area contributed by atoms with Crippen molar-refractivity contribution < 1.29 is 4.79 Å². The zero-order valence-corrected chi connectivity index (χ0v) is 9.17. The van der Waals surface area contributed by atoms with Gasteiger partial charge in [0.2, 0.25) is 5.24 Å². The van der Waals surface area contributed by atoms with Crippen LogP contribution in [0.5, 0.6) is 0 Å². The summed E-state index contributed by atoms with van der Waals surface area (Å²) in [5.41, 5.74) is 0. The van der Waals surface area contributed by atoms with Gasteiger partial charge in [-0.1, -0.05) is 24.3 Å². The van der Waals surface area contributed by atoms with Crippen molar-refractivity contribution in [2.24, 2.45) is 5.92 Å². The molecule has 0 aromatic heterocycles. The molecule has 0 amide bonds. The van der Waals surface area contributed by atoms with Gasteiger partial charge in [-0.3, -0.25) is 4.79 Å². The van der Waals surface area contributed by atoms with Gasteiger partial charge >= 0.3 is 0 Å². The molecule has 1 nitrogen and oxygen atoms in total. The molecule has 0 aliphatic heterocycles. The van der Waals surface area contributed by atoms with Crippen molar-refractivity contribution in [1.82, 2.24) is 0 Å². The third-order valence-electron chi connectivity index (χ3n) is 2.50. The lowest BCUT2D eigenvalue weighted by Gasteiger charge is -2.08. The Morgan fingerprint density at radius 1 is 1.07 bits per heavy atom. The summed E-state index contributed by atoms with van der Waals surface area (Å²) in [6.07, 6.45) is 14.7. The molecule has 0 heterocycles. The van der Waals surface area contributed by atoms with Crippen molar-refractivity contribution in [3.8, 4) is 0 Å². The van der Waals surface area contributed by atoms with Crippen LogP contribution >= 0.6 is 11.6 Å². The molecule has 0 saturated heterocycles. The molecule has 0 bridgehead atoms. The molecular weight excluding hydrogens is 196 g/mol. The molecule has 14 heavy (non-hydrogen) atoms. The summed E-state index contributed by atoms with van der Waals surface area (Å²) in [4.78, 5) is 11.1. The van der Waals surface area contributed by atoms with E-state index in [1.54, 1.807) is 0 Å². The lowest BCUT2D eigenvalue weighted by atomic mass is 9.99. The van der Waals surface area contributed by atoms with Crippen LogP contribution < -0.4 is 0 Å². The van der Waals surface area contributed by atoms with E-state index in [1.165, 1.54) is 0 Å². The van der Waals surface area contributed by atoms with Crippen LogP contribution in [0.2, 0.25) is 0 Å². The zero-order chi connectivity index (χ0) is 10.2. The van der Waals surface area contributed by atoms with E-state index >= 15 is 0 Å². The van der Waals surface area contributed by atoms with E-state index in [9.17, 15) is 4.79 Å². The van der Waals surface area contributed by atoms with Gasteiger partial charge in [0.15, 0.2) is 0 Å². The third kappa shape index (κ3) is 4.61. The lowest BCUT2D eigenvalue weighted by molar-refractivity contribution is -0.115. The zero-order valence-electron chi connectivity index (χ0n) is 8.42. The van der Waals surface area contributed by atoms with Gasteiger partial charge in [-0.05, 0) is 50.1 Å². The van der Waals surface area contributed by atoms with Gasteiger partial charge in [-0.15, -0.1) is 0 Å². The van der Waals surface area contributed by atoms with E-state index < -0.39 is 0 Å². The summed E-state index contributed by atoms with van der Waals surface area (Å²) in [5, 5.41) is -0.183. The van der Waals surface area contributed by atoms with Gasteiger partial charge in [0.25, 0.3) is 0 Å². The Hall–Kier alpha value is -0.560. The fourth-order valence-electron chi connectivity index (χ4n) is 1.61. The van der Waals surface area contributed by atoms with E-state index in [1.807, 2.05) is 0 Å². The molecular formula is C12H17ClO. The smallest absolute Gasteiger partial charge is 0.225 e. The van der Waals surface area contributed by atoms with E-state index in [0.717, 1.165) is 38.5 Å². The molecule has 78 valence electrons. The minimum absolute atomic E-state index is 0.0272. The van der Waals surface area contributed by atoms with Gasteiger partial charge in [0, 0.05) is 5.92 Å². The van der Waals surface area contributed by atoms with Crippen LogP contribution in [0.3, 0.4) is 0 Å². The van der Waals surface area contributed by atoms with Crippen LogP contribution in [0.25, 0.3) is 0 Å². The predicted molar refractivity (Wildman–Crippen MR) is 60.3 cm³/mol. The number of carbonyl (C=O) groups is 1. The Bertz CT molecular complexity index is 230. The van der Waals surface area contributed by atoms with Crippen LogP contribution in [0.15, 0.2) is 24.3 Å². The summed E-state index contributed by atoms with van der Waals surface area (Å²) < 4.78 is 0. The normalized spacial score (nSPS) is 28.8. The maximum atomic E-state index is 11.1. The fourth-order valence-corrected chi connectivity index (χ4v) is 1.81. The highest BCUT2D eigenvalue weighted by Gasteiger charge is 2.13. The Labute approximate surface area is 90.8 Å². The van der Waals surface area contributed by atoms with Gasteiger partial charge in [0.1, 0.15) is 0 Å². The molecule has 2 heteroatoms. The Kier molecular flexibility index (Phi) is 5.62. The topological polar surface area (TPSA) is 17.1 Å². The molecule has 0 aromatic carbocycles. The van der Waals surface area contributed by atoms with Crippen LogP contribution in [-0.4, -0.2) is 5.24 Å². The number of carbonyl (C=O) groups excluding carboxylic acids is 1. The second-order valence-electron chi connectivity index (χ2n) is 3.69. The maximum Gasteiger partial charge on any atom is 0.225 e. The molecule has 0 saturated carbocycles. The highest BCUT2D eigenvalue weighted by molar-refractivity contribution is 6.63. The molecule has 1 aliphatic carbocycles.